The van der Waals surface area contributed by atoms with Crippen LogP contribution in [-0.4, -0.2) is 11.0 Å². The molecule has 24 heavy (non-hydrogen) atoms. The number of phenols is 1. The van der Waals surface area contributed by atoms with E-state index in [9.17, 15) is 9.90 Å². The van der Waals surface area contributed by atoms with E-state index in [0.29, 0.717) is 11.3 Å². The molecule has 0 radical (unpaired) electrons. The third-order valence-corrected chi connectivity index (χ3v) is 3.54. The second-order valence-electron chi connectivity index (χ2n) is 5.32. The maximum Gasteiger partial charge on any atom is 0.269 e. The van der Waals surface area contributed by atoms with Gasteiger partial charge < -0.3 is 5.11 Å². The van der Waals surface area contributed by atoms with Crippen molar-refractivity contribution < 1.29 is 9.90 Å². The summed E-state index contributed by atoms with van der Waals surface area (Å²) in [5, 5.41) is 17.8. The summed E-state index contributed by atoms with van der Waals surface area (Å²) >= 11 is 0. The van der Waals surface area contributed by atoms with Crippen LogP contribution in [0.3, 0.4) is 0 Å². The second kappa shape index (κ2) is 7.33. The smallest absolute Gasteiger partial charge is 0.269 e. The maximum absolute atomic E-state index is 11.9. The van der Waals surface area contributed by atoms with Crippen LogP contribution >= 0.6 is 0 Å². The molecule has 3 aromatic rings. The van der Waals surface area contributed by atoms with Gasteiger partial charge in [0.05, 0.1) is 12.1 Å². The number of hydrogen-bond acceptors (Lipinski definition) is 3. The van der Waals surface area contributed by atoms with Gasteiger partial charge in [0.2, 0.25) is 0 Å². The van der Waals surface area contributed by atoms with Crippen LogP contribution in [0.15, 0.2) is 89.1 Å². The Labute approximate surface area is 140 Å². The van der Waals surface area contributed by atoms with E-state index in [1.165, 1.54) is 0 Å². The van der Waals surface area contributed by atoms with E-state index in [0.717, 1.165) is 11.1 Å². The zero-order valence-electron chi connectivity index (χ0n) is 13.0. The van der Waals surface area contributed by atoms with Crippen molar-refractivity contribution in [3.63, 3.8) is 0 Å². The Kier molecular flexibility index (Phi) is 4.77. The Morgan fingerprint density at radius 2 is 1.54 bits per heavy atom. The minimum Gasteiger partial charge on any atom is -0.507 e. The summed E-state index contributed by atoms with van der Waals surface area (Å²) in [6, 6.07) is 23.8. The van der Waals surface area contributed by atoms with Gasteiger partial charge in [0.25, 0.3) is 5.91 Å². The molecule has 0 heterocycles. The SMILES string of the molecule is O=C(Cc1ccccc1)N=Nc1ccc(O)c(-c2ccccc2)c1. The van der Waals surface area contributed by atoms with Crippen molar-refractivity contribution in [3.8, 4) is 16.9 Å². The fourth-order valence-electron chi connectivity index (χ4n) is 2.35. The van der Waals surface area contributed by atoms with E-state index in [2.05, 4.69) is 10.2 Å². The van der Waals surface area contributed by atoms with Crippen LogP contribution in [0.25, 0.3) is 11.1 Å². The molecule has 0 unspecified atom stereocenters. The number of rotatable bonds is 4. The first kappa shape index (κ1) is 15.6. The standard InChI is InChI=1S/C20H16N2O2/c23-19-12-11-17(14-18(19)16-9-5-2-6-10-16)21-22-20(24)13-15-7-3-1-4-8-15/h1-12,14,23H,13H2. The lowest BCUT2D eigenvalue weighted by Gasteiger charge is -2.05. The molecule has 0 spiro atoms. The molecule has 0 aromatic heterocycles. The summed E-state index contributed by atoms with van der Waals surface area (Å²) in [6.45, 7) is 0. The van der Waals surface area contributed by atoms with Gasteiger partial charge in [-0.1, -0.05) is 60.7 Å². The van der Waals surface area contributed by atoms with Crippen LogP contribution in [0.5, 0.6) is 5.75 Å². The molecule has 4 heteroatoms. The lowest BCUT2D eigenvalue weighted by atomic mass is 10.0. The molecule has 0 aliphatic carbocycles. The summed E-state index contributed by atoms with van der Waals surface area (Å²) in [7, 11) is 0. The third-order valence-electron chi connectivity index (χ3n) is 3.54. The minimum atomic E-state index is -0.310. The first-order valence-corrected chi connectivity index (χ1v) is 7.59. The predicted molar refractivity (Wildman–Crippen MR) is 93.2 cm³/mol. The molecular weight excluding hydrogens is 300 g/mol. The molecule has 1 amide bonds. The molecule has 0 aliphatic rings. The van der Waals surface area contributed by atoms with E-state index in [1.54, 1.807) is 18.2 Å². The third kappa shape index (κ3) is 3.93. The molecule has 118 valence electrons. The maximum atomic E-state index is 11.9. The number of phenolic OH excluding ortho intramolecular Hbond substituents is 1. The van der Waals surface area contributed by atoms with Gasteiger partial charge in [0, 0.05) is 5.56 Å². The Balaban J connectivity index is 1.77. The quantitative estimate of drug-likeness (QED) is 0.695. The highest BCUT2D eigenvalue weighted by Crippen LogP contribution is 2.32. The number of nitrogens with zero attached hydrogens (tertiary/aromatic N) is 2. The average molecular weight is 316 g/mol. The number of carbonyl (C=O) groups is 1. The van der Waals surface area contributed by atoms with Crippen LogP contribution in [0.4, 0.5) is 5.69 Å². The van der Waals surface area contributed by atoms with E-state index in [4.69, 9.17) is 0 Å². The number of aromatic hydroxyl groups is 1. The van der Waals surface area contributed by atoms with Crippen molar-refractivity contribution >= 4 is 11.6 Å². The Morgan fingerprint density at radius 1 is 0.875 bits per heavy atom. The van der Waals surface area contributed by atoms with Gasteiger partial charge in [0.1, 0.15) is 5.75 Å². The second-order valence-corrected chi connectivity index (χ2v) is 5.32. The molecule has 0 fully saturated rings. The lowest BCUT2D eigenvalue weighted by Crippen LogP contribution is -1.97. The average Bonchev–Trinajstić information content (AvgIpc) is 2.62. The van der Waals surface area contributed by atoms with Crippen LogP contribution in [0.1, 0.15) is 5.56 Å². The van der Waals surface area contributed by atoms with Gasteiger partial charge in [-0.3, -0.25) is 4.79 Å². The van der Waals surface area contributed by atoms with Gasteiger partial charge in [-0.25, -0.2) is 0 Å². The Bertz CT molecular complexity index is 859. The summed E-state index contributed by atoms with van der Waals surface area (Å²) in [4.78, 5) is 11.9. The van der Waals surface area contributed by atoms with Crippen LogP contribution < -0.4 is 0 Å². The van der Waals surface area contributed by atoms with Crippen molar-refractivity contribution in [1.82, 2.24) is 0 Å². The molecule has 0 bridgehead atoms. The lowest BCUT2D eigenvalue weighted by molar-refractivity contribution is -0.117. The normalized spacial score (nSPS) is 10.8. The fourth-order valence-corrected chi connectivity index (χ4v) is 2.35. The van der Waals surface area contributed by atoms with E-state index in [-0.39, 0.29) is 18.1 Å². The first-order chi connectivity index (χ1) is 11.7. The Morgan fingerprint density at radius 3 is 2.25 bits per heavy atom. The minimum absolute atomic E-state index is 0.163. The molecule has 0 saturated heterocycles. The molecule has 3 aromatic carbocycles. The number of azo groups is 1. The van der Waals surface area contributed by atoms with Crippen LogP contribution in [-0.2, 0) is 11.2 Å². The van der Waals surface area contributed by atoms with Gasteiger partial charge in [0.15, 0.2) is 0 Å². The number of hydrogen-bond donors (Lipinski definition) is 1. The van der Waals surface area contributed by atoms with Crippen molar-refractivity contribution in [2.45, 2.75) is 6.42 Å². The van der Waals surface area contributed by atoms with Crippen molar-refractivity contribution in [2.75, 3.05) is 0 Å². The first-order valence-electron chi connectivity index (χ1n) is 7.59. The van der Waals surface area contributed by atoms with Gasteiger partial charge >= 0.3 is 0 Å². The van der Waals surface area contributed by atoms with Crippen LogP contribution in [0.2, 0.25) is 0 Å². The molecule has 1 N–H and O–H groups in total. The largest absolute Gasteiger partial charge is 0.507 e. The summed E-state index contributed by atoms with van der Waals surface area (Å²) in [5.41, 5.74) is 2.95. The summed E-state index contributed by atoms with van der Waals surface area (Å²) in [6.07, 6.45) is 0.216. The summed E-state index contributed by atoms with van der Waals surface area (Å²) < 4.78 is 0. The zero-order chi connectivity index (χ0) is 16.8. The van der Waals surface area contributed by atoms with Gasteiger partial charge in [-0.2, -0.15) is 0 Å². The topological polar surface area (TPSA) is 62.0 Å². The monoisotopic (exact) mass is 316 g/mol. The fraction of sp³-hybridized carbons (Fsp3) is 0.0500. The van der Waals surface area contributed by atoms with Gasteiger partial charge in [-0.15, -0.1) is 10.2 Å². The molecule has 3 rings (SSSR count). The van der Waals surface area contributed by atoms with Crippen molar-refractivity contribution in [3.05, 3.63) is 84.4 Å². The van der Waals surface area contributed by atoms with Crippen molar-refractivity contribution in [2.24, 2.45) is 10.2 Å². The predicted octanol–water partition coefficient (Wildman–Crippen LogP) is 4.91. The highest BCUT2D eigenvalue weighted by atomic mass is 16.3. The van der Waals surface area contributed by atoms with Gasteiger partial charge in [-0.05, 0) is 29.3 Å². The molecule has 4 nitrogen and oxygen atoms in total. The van der Waals surface area contributed by atoms with E-state index >= 15 is 0 Å². The van der Waals surface area contributed by atoms with E-state index < -0.39 is 0 Å². The highest BCUT2D eigenvalue weighted by molar-refractivity contribution is 5.79. The number of carbonyl (C=O) groups excluding carboxylic acids is 1. The van der Waals surface area contributed by atoms with E-state index in [1.807, 2.05) is 60.7 Å². The molecular formula is C20H16N2O2. The Hall–Kier alpha value is -3.27. The molecule has 0 saturated carbocycles. The van der Waals surface area contributed by atoms with Crippen molar-refractivity contribution in [1.29, 1.82) is 0 Å². The number of benzene rings is 3. The van der Waals surface area contributed by atoms with Crippen LogP contribution in [0, 0.1) is 0 Å². The summed E-state index contributed by atoms with van der Waals surface area (Å²) in [5.74, 6) is -0.147. The zero-order valence-corrected chi connectivity index (χ0v) is 13.0. The molecule has 0 atom stereocenters. The number of amides is 1. The highest BCUT2D eigenvalue weighted by Gasteiger charge is 2.06. The molecule has 0 aliphatic heterocycles.